The molecule has 1 aliphatic heterocycles. The third-order valence-corrected chi connectivity index (χ3v) is 6.03. The second-order valence-electron chi connectivity index (χ2n) is 8.60. The lowest BCUT2D eigenvalue weighted by Gasteiger charge is -2.26. The third kappa shape index (κ3) is 6.04. The van der Waals surface area contributed by atoms with Crippen molar-refractivity contribution in [2.45, 2.75) is 39.0 Å². The van der Waals surface area contributed by atoms with Gasteiger partial charge in [-0.25, -0.2) is 4.79 Å². The van der Waals surface area contributed by atoms with Crippen LogP contribution in [0.4, 0.5) is 0 Å². The van der Waals surface area contributed by atoms with Crippen molar-refractivity contribution >= 4 is 5.97 Å². The van der Waals surface area contributed by atoms with E-state index in [1.807, 2.05) is 31.2 Å². The van der Waals surface area contributed by atoms with Crippen LogP contribution in [-0.2, 0) is 0 Å². The quantitative estimate of drug-likeness (QED) is 0.205. The molecule has 7 nitrogen and oxygen atoms in total. The lowest BCUT2D eigenvalue weighted by atomic mass is 9.83. The number of carbonyl (C=O) groups is 1. The SMILES string of the molecule is CCCCCOc1ccc(C2C(C#N)=C(N)Oc3cc(OC(=O)c4ccc(OCC)cc4)ccc32)cc1. The van der Waals surface area contributed by atoms with Gasteiger partial charge in [0, 0.05) is 11.6 Å². The number of hydrogen-bond donors (Lipinski definition) is 1. The monoisotopic (exact) mass is 498 g/mol. The summed E-state index contributed by atoms with van der Waals surface area (Å²) in [6, 6.07) is 21.7. The van der Waals surface area contributed by atoms with Crippen LogP contribution in [0.25, 0.3) is 0 Å². The van der Waals surface area contributed by atoms with Crippen molar-refractivity contribution < 1.29 is 23.7 Å². The molecule has 0 aromatic heterocycles. The average molecular weight is 499 g/mol. The molecule has 1 heterocycles. The van der Waals surface area contributed by atoms with E-state index in [0.717, 1.165) is 36.1 Å². The molecule has 1 aliphatic rings. The molecule has 37 heavy (non-hydrogen) atoms. The molecular weight excluding hydrogens is 468 g/mol. The normalized spacial score (nSPS) is 14.2. The van der Waals surface area contributed by atoms with Crippen molar-refractivity contribution in [3.05, 3.63) is 94.9 Å². The first kappa shape index (κ1) is 25.6. The minimum Gasteiger partial charge on any atom is -0.494 e. The van der Waals surface area contributed by atoms with Crippen LogP contribution < -0.4 is 24.7 Å². The van der Waals surface area contributed by atoms with Crippen LogP contribution in [0.15, 0.2) is 78.2 Å². The summed E-state index contributed by atoms with van der Waals surface area (Å²) < 4.78 is 22.6. The van der Waals surface area contributed by atoms with Gasteiger partial charge in [0.1, 0.15) is 34.6 Å². The van der Waals surface area contributed by atoms with Crippen LogP contribution in [0.2, 0.25) is 0 Å². The Hall–Kier alpha value is -4.44. The van der Waals surface area contributed by atoms with Gasteiger partial charge >= 0.3 is 5.97 Å². The van der Waals surface area contributed by atoms with E-state index in [1.165, 1.54) is 0 Å². The fourth-order valence-electron chi connectivity index (χ4n) is 4.16. The van der Waals surface area contributed by atoms with Gasteiger partial charge in [-0.2, -0.15) is 5.26 Å². The maximum Gasteiger partial charge on any atom is 0.343 e. The van der Waals surface area contributed by atoms with Gasteiger partial charge in [-0.15, -0.1) is 0 Å². The Kier molecular flexibility index (Phi) is 8.32. The van der Waals surface area contributed by atoms with Crippen LogP contribution in [0.1, 0.15) is 60.5 Å². The summed E-state index contributed by atoms with van der Waals surface area (Å²) in [5, 5.41) is 9.82. The molecule has 2 N–H and O–H groups in total. The summed E-state index contributed by atoms with van der Waals surface area (Å²) in [5.41, 5.74) is 8.47. The number of ether oxygens (including phenoxy) is 4. The molecule has 0 amide bonds. The molecule has 0 radical (unpaired) electrons. The molecule has 3 aromatic rings. The molecule has 7 heteroatoms. The number of benzene rings is 3. The Bertz CT molecular complexity index is 1310. The molecular formula is C30H30N2O5. The van der Waals surface area contributed by atoms with Crippen molar-refractivity contribution in [2.75, 3.05) is 13.2 Å². The lowest BCUT2D eigenvalue weighted by Crippen LogP contribution is -2.21. The van der Waals surface area contributed by atoms with Gasteiger partial charge in [0.15, 0.2) is 0 Å². The van der Waals surface area contributed by atoms with Crippen molar-refractivity contribution in [3.8, 4) is 29.1 Å². The Labute approximate surface area is 217 Å². The largest absolute Gasteiger partial charge is 0.494 e. The highest BCUT2D eigenvalue weighted by Gasteiger charge is 2.31. The molecule has 0 bridgehead atoms. The van der Waals surface area contributed by atoms with E-state index in [-0.39, 0.29) is 5.88 Å². The minimum atomic E-state index is -0.508. The van der Waals surface area contributed by atoms with E-state index in [0.29, 0.717) is 41.6 Å². The number of hydrogen-bond acceptors (Lipinski definition) is 7. The number of fused-ring (bicyclic) bond motifs is 1. The molecule has 1 atom stereocenters. The van der Waals surface area contributed by atoms with Gasteiger partial charge in [0.2, 0.25) is 5.88 Å². The van der Waals surface area contributed by atoms with Gasteiger partial charge in [-0.3, -0.25) is 0 Å². The highest BCUT2D eigenvalue weighted by atomic mass is 16.5. The van der Waals surface area contributed by atoms with Crippen LogP contribution in [-0.4, -0.2) is 19.2 Å². The summed E-state index contributed by atoms with van der Waals surface area (Å²) >= 11 is 0. The summed E-state index contributed by atoms with van der Waals surface area (Å²) in [6.07, 6.45) is 3.28. The number of allylic oxidation sites excluding steroid dienone is 1. The molecule has 0 spiro atoms. The second-order valence-corrected chi connectivity index (χ2v) is 8.60. The van der Waals surface area contributed by atoms with Crippen molar-refractivity contribution in [3.63, 3.8) is 0 Å². The molecule has 0 aliphatic carbocycles. The number of carbonyl (C=O) groups excluding carboxylic acids is 1. The molecule has 190 valence electrons. The van der Waals surface area contributed by atoms with E-state index in [9.17, 15) is 10.1 Å². The molecule has 1 unspecified atom stereocenters. The minimum absolute atomic E-state index is 0.0230. The Morgan fingerprint density at radius 2 is 1.62 bits per heavy atom. The maximum absolute atomic E-state index is 12.7. The van der Waals surface area contributed by atoms with Crippen LogP contribution >= 0.6 is 0 Å². The first-order chi connectivity index (χ1) is 18.0. The maximum atomic E-state index is 12.7. The Morgan fingerprint density at radius 3 is 2.30 bits per heavy atom. The summed E-state index contributed by atoms with van der Waals surface area (Å²) in [7, 11) is 0. The number of nitriles is 1. The average Bonchev–Trinajstić information content (AvgIpc) is 2.91. The van der Waals surface area contributed by atoms with Crippen LogP contribution in [0, 0.1) is 11.3 Å². The fourth-order valence-corrected chi connectivity index (χ4v) is 4.16. The van der Waals surface area contributed by atoms with Gasteiger partial charge in [-0.1, -0.05) is 38.0 Å². The van der Waals surface area contributed by atoms with E-state index in [1.54, 1.807) is 42.5 Å². The van der Waals surface area contributed by atoms with E-state index >= 15 is 0 Å². The van der Waals surface area contributed by atoms with Crippen LogP contribution in [0.3, 0.4) is 0 Å². The van der Waals surface area contributed by atoms with E-state index in [2.05, 4.69) is 13.0 Å². The molecule has 3 aromatic carbocycles. The highest BCUT2D eigenvalue weighted by Crippen LogP contribution is 2.43. The van der Waals surface area contributed by atoms with Crippen LogP contribution in [0.5, 0.6) is 23.0 Å². The lowest BCUT2D eigenvalue weighted by molar-refractivity contribution is 0.0734. The molecule has 0 saturated carbocycles. The zero-order valence-corrected chi connectivity index (χ0v) is 21.0. The van der Waals surface area contributed by atoms with Crippen molar-refractivity contribution in [1.29, 1.82) is 5.26 Å². The summed E-state index contributed by atoms with van der Waals surface area (Å²) in [6.45, 7) is 5.26. The molecule has 0 saturated heterocycles. The summed E-state index contributed by atoms with van der Waals surface area (Å²) in [5.74, 6) is 1.29. The topological polar surface area (TPSA) is 104 Å². The van der Waals surface area contributed by atoms with Crippen molar-refractivity contribution in [1.82, 2.24) is 0 Å². The Morgan fingerprint density at radius 1 is 0.946 bits per heavy atom. The molecule has 4 rings (SSSR count). The zero-order valence-electron chi connectivity index (χ0n) is 21.0. The predicted octanol–water partition coefficient (Wildman–Crippen LogP) is 6.09. The number of nitrogens with two attached hydrogens (primary N) is 1. The number of esters is 1. The predicted molar refractivity (Wildman–Crippen MR) is 140 cm³/mol. The Balaban J connectivity index is 1.54. The van der Waals surface area contributed by atoms with E-state index < -0.39 is 11.9 Å². The van der Waals surface area contributed by atoms with Gasteiger partial charge in [0.05, 0.1) is 24.7 Å². The first-order valence-electron chi connectivity index (χ1n) is 12.4. The highest BCUT2D eigenvalue weighted by molar-refractivity contribution is 5.91. The van der Waals surface area contributed by atoms with Gasteiger partial charge in [0.25, 0.3) is 0 Å². The first-order valence-corrected chi connectivity index (χ1v) is 12.4. The second kappa shape index (κ2) is 12.0. The fraction of sp³-hybridized carbons (Fsp3) is 0.267. The smallest absolute Gasteiger partial charge is 0.343 e. The zero-order chi connectivity index (χ0) is 26.2. The number of rotatable bonds is 10. The number of unbranched alkanes of at least 4 members (excludes halogenated alkanes) is 2. The molecule has 0 fully saturated rings. The van der Waals surface area contributed by atoms with Crippen molar-refractivity contribution in [2.24, 2.45) is 5.73 Å². The van der Waals surface area contributed by atoms with E-state index in [4.69, 9.17) is 24.7 Å². The van der Waals surface area contributed by atoms with Gasteiger partial charge < -0.3 is 24.7 Å². The third-order valence-electron chi connectivity index (χ3n) is 6.03. The van der Waals surface area contributed by atoms with Gasteiger partial charge in [-0.05, 0) is 61.4 Å². The summed E-state index contributed by atoms with van der Waals surface area (Å²) in [4.78, 5) is 12.7. The number of nitrogens with zero attached hydrogens (tertiary/aromatic N) is 1. The standard InChI is InChI=1S/C30H30N2O5/c1-3-5-6-17-35-23-11-7-20(8-12-23)28-25-16-15-24(18-27(25)37-29(32)26(28)19-31)36-30(33)21-9-13-22(14-10-21)34-4-2/h7-16,18,28H,3-6,17,32H2,1-2H3.